The summed E-state index contributed by atoms with van der Waals surface area (Å²) in [7, 11) is 0. The molecule has 5 aromatic carbocycles. The summed E-state index contributed by atoms with van der Waals surface area (Å²) in [6.45, 7) is 0. The van der Waals surface area contributed by atoms with Crippen molar-refractivity contribution in [1.82, 2.24) is 14.5 Å². The number of nitrogens with zero attached hydrogens (tertiary/aromatic N) is 4. The minimum atomic E-state index is 0.220. The van der Waals surface area contributed by atoms with E-state index in [0.717, 1.165) is 65.3 Å². The number of rotatable bonds is 6. The molecule has 0 fully saturated rings. The molecule has 0 bridgehead atoms. The van der Waals surface area contributed by atoms with E-state index in [0.29, 0.717) is 5.92 Å². The monoisotopic (exact) mass is 720 g/mol. The molecule has 3 aliphatic carbocycles. The topological polar surface area (TPSA) is 34.0 Å². The van der Waals surface area contributed by atoms with E-state index >= 15 is 0 Å². The van der Waals surface area contributed by atoms with E-state index in [-0.39, 0.29) is 6.04 Å². The Hall–Kier alpha value is -6.78. The number of anilines is 1. The molecule has 0 spiro atoms. The van der Waals surface area contributed by atoms with Crippen LogP contribution in [0, 0.1) is 5.92 Å². The second-order valence-corrected chi connectivity index (χ2v) is 15.2. The van der Waals surface area contributed by atoms with E-state index in [9.17, 15) is 0 Å². The van der Waals surface area contributed by atoms with Gasteiger partial charge >= 0.3 is 0 Å². The standard InChI is InChI=1S/C52H40N4/c1-3-15-35(16-4-1)36-27-29-37(30-28-36)46-34-47(54-52(53-46)38-17-5-2-6-18-38)39-31-40(55-48-23-11-7-19-42(48)43-20-8-12-24-49(43)55)33-41(32-39)56-50-25-13-9-21-44(50)45-22-10-14-26-51(45)56/h1-11,13,15-23,25,27-34,42,48H,12,14,24,26H2. The summed E-state index contributed by atoms with van der Waals surface area (Å²) in [5.41, 5.74) is 16.5. The van der Waals surface area contributed by atoms with Gasteiger partial charge in [0.15, 0.2) is 5.82 Å². The van der Waals surface area contributed by atoms with Gasteiger partial charge in [-0.15, -0.1) is 0 Å². The van der Waals surface area contributed by atoms with Gasteiger partial charge < -0.3 is 9.47 Å². The minimum Gasteiger partial charge on any atom is -0.337 e. The number of benzene rings is 5. The highest BCUT2D eigenvalue weighted by Gasteiger charge is 2.39. The van der Waals surface area contributed by atoms with Crippen LogP contribution in [-0.2, 0) is 6.42 Å². The predicted octanol–water partition coefficient (Wildman–Crippen LogP) is 12.6. The molecule has 4 nitrogen and oxygen atoms in total. The summed E-state index contributed by atoms with van der Waals surface area (Å²) < 4.78 is 2.52. The van der Waals surface area contributed by atoms with E-state index in [1.165, 1.54) is 50.2 Å². The highest BCUT2D eigenvalue weighted by molar-refractivity contribution is 5.94. The fraction of sp³-hybridized carbons (Fsp3) is 0.115. The molecule has 0 radical (unpaired) electrons. The third kappa shape index (κ3) is 5.52. The maximum absolute atomic E-state index is 5.37. The average Bonchev–Trinajstić information content (AvgIpc) is 3.80. The largest absolute Gasteiger partial charge is 0.337 e. The Morgan fingerprint density at radius 3 is 2.04 bits per heavy atom. The van der Waals surface area contributed by atoms with E-state index in [1.807, 2.05) is 6.07 Å². The van der Waals surface area contributed by atoms with Crippen molar-refractivity contribution in [3.05, 3.63) is 199 Å². The van der Waals surface area contributed by atoms with Gasteiger partial charge in [0.2, 0.25) is 0 Å². The van der Waals surface area contributed by atoms with Crippen LogP contribution in [0.3, 0.4) is 0 Å². The first-order chi connectivity index (χ1) is 27.8. The number of fused-ring (bicyclic) bond motifs is 5. The van der Waals surface area contributed by atoms with Gasteiger partial charge in [-0.25, -0.2) is 9.97 Å². The molecule has 268 valence electrons. The third-order valence-corrected chi connectivity index (χ3v) is 11.9. The lowest BCUT2D eigenvalue weighted by molar-refractivity contribution is 0.681. The van der Waals surface area contributed by atoms with Crippen molar-refractivity contribution in [3.8, 4) is 50.7 Å². The molecule has 4 aliphatic rings. The van der Waals surface area contributed by atoms with Crippen LogP contribution in [0.1, 0.15) is 30.5 Å². The quantitative estimate of drug-likeness (QED) is 0.172. The first-order valence-electron chi connectivity index (χ1n) is 19.9. The molecule has 0 saturated heterocycles. The van der Waals surface area contributed by atoms with Crippen molar-refractivity contribution in [2.45, 2.75) is 31.7 Å². The van der Waals surface area contributed by atoms with Gasteiger partial charge in [0.1, 0.15) is 0 Å². The Kier molecular flexibility index (Phi) is 7.87. The number of hydrogen-bond donors (Lipinski definition) is 0. The predicted molar refractivity (Wildman–Crippen MR) is 231 cm³/mol. The lowest BCUT2D eigenvalue weighted by Crippen LogP contribution is -2.33. The number of allylic oxidation sites excluding steroid dienone is 6. The van der Waals surface area contributed by atoms with Crippen LogP contribution in [-0.4, -0.2) is 20.6 Å². The summed E-state index contributed by atoms with van der Waals surface area (Å²) in [5, 5.41) is 1.30. The third-order valence-electron chi connectivity index (χ3n) is 11.9. The molecule has 56 heavy (non-hydrogen) atoms. The van der Waals surface area contributed by atoms with Crippen LogP contribution in [0.2, 0.25) is 0 Å². The number of aromatic nitrogens is 3. The van der Waals surface area contributed by atoms with Gasteiger partial charge in [-0.1, -0.05) is 152 Å². The molecule has 0 N–H and O–H groups in total. The smallest absolute Gasteiger partial charge is 0.160 e. The van der Waals surface area contributed by atoms with E-state index in [4.69, 9.17) is 9.97 Å². The second-order valence-electron chi connectivity index (χ2n) is 15.2. The number of hydrogen-bond acceptors (Lipinski definition) is 3. The van der Waals surface area contributed by atoms with E-state index < -0.39 is 0 Å². The molecule has 1 aliphatic heterocycles. The van der Waals surface area contributed by atoms with E-state index in [1.54, 1.807) is 0 Å². The zero-order valence-electron chi connectivity index (χ0n) is 31.1. The first kappa shape index (κ1) is 32.6. The van der Waals surface area contributed by atoms with Gasteiger partial charge in [0.05, 0.1) is 22.9 Å². The zero-order valence-corrected chi connectivity index (χ0v) is 31.1. The summed E-state index contributed by atoms with van der Waals surface area (Å²) in [6.07, 6.45) is 22.7. The van der Waals surface area contributed by atoms with Crippen molar-refractivity contribution in [2.24, 2.45) is 5.92 Å². The fourth-order valence-corrected chi connectivity index (χ4v) is 9.27. The Balaban J connectivity index is 1.14. The molecule has 4 heteroatoms. The van der Waals surface area contributed by atoms with Crippen LogP contribution in [0.15, 0.2) is 187 Å². The summed E-state index contributed by atoms with van der Waals surface area (Å²) in [4.78, 5) is 13.2. The zero-order chi connectivity index (χ0) is 37.0. The van der Waals surface area contributed by atoms with Crippen molar-refractivity contribution in [1.29, 1.82) is 0 Å². The molecule has 7 aromatic rings. The highest BCUT2D eigenvalue weighted by atomic mass is 15.2. The lowest BCUT2D eigenvalue weighted by Gasteiger charge is -2.32. The molecule has 0 amide bonds. The second kappa shape index (κ2) is 13.5. The summed E-state index contributed by atoms with van der Waals surface area (Å²) >= 11 is 0. The minimum absolute atomic E-state index is 0.220. The van der Waals surface area contributed by atoms with Gasteiger partial charge in [-0.05, 0) is 72.7 Å². The van der Waals surface area contributed by atoms with Crippen LogP contribution in [0.25, 0.3) is 67.7 Å². The maximum atomic E-state index is 5.37. The summed E-state index contributed by atoms with van der Waals surface area (Å²) in [6, 6.07) is 48.1. The van der Waals surface area contributed by atoms with Crippen LogP contribution < -0.4 is 4.90 Å². The first-order valence-corrected chi connectivity index (χ1v) is 19.9. The van der Waals surface area contributed by atoms with Gasteiger partial charge in [0, 0.05) is 56.3 Å². The highest BCUT2D eigenvalue weighted by Crippen LogP contribution is 2.46. The maximum Gasteiger partial charge on any atom is 0.160 e. The van der Waals surface area contributed by atoms with Crippen molar-refractivity contribution in [3.63, 3.8) is 0 Å². The molecule has 2 unspecified atom stereocenters. The average molecular weight is 721 g/mol. The Morgan fingerprint density at radius 1 is 0.536 bits per heavy atom. The SMILES string of the molecule is C1=CC2C3=C(CCC=C3)N(c3cc(-c4cc(-c5ccc(-c6ccccc6)cc5)nc(-c5ccccc5)n4)cc(-n4c5c(c6ccccc64)C=CCC5)c3)C2C=C1. The molecular formula is C52H40N4. The Morgan fingerprint density at radius 2 is 1.20 bits per heavy atom. The van der Waals surface area contributed by atoms with Crippen molar-refractivity contribution < 1.29 is 0 Å². The van der Waals surface area contributed by atoms with Crippen molar-refractivity contribution >= 4 is 22.7 Å². The summed E-state index contributed by atoms with van der Waals surface area (Å²) in [5.74, 6) is 1.05. The van der Waals surface area contributed by atoms with Crippen LogP contribution in [0.5, 0.6) is 0 Å². The lowest BCUT2D eigenvalue weighted by atomic mass is 9.88. The van der Waals surface area contributed by atoms with E-state index in [2.05, 4.69) is 185 Å². The Labute approximate surface area is 327 Å². The fourth-order valence-electron chi connectivity index (χ4n) is 9.27. The van der Waals surface area contributed by atoms with Gasteiger partial charge in [0.25, 0.3) is 0 Å². The molecule has 3 heterocycles. The Bertz CT molecular complexity index is 2800. The normalized spacial score (nSPS) is 18.0. The van der Waals surface area contributed by atoms with Gasteiger partial charge in [-0.2, -0.15) is 0 Å². The molecule has 2 aromatic heterocycles. The number of para-hydroxylation sites is 1. The van der Waals surface area contributed by atoms with Crippen LogP contribution in [0.4, 0.5) is 5.69 Å². The molecule has 11 rings (SSSR count). The van der Waals surface area contributed by atoms with Gasteiger partial charge in [-0.3, -0.25) is 0 Å². The van der Waals surface area contributed by atoms with Crippen LogP contribution >= 0.6 is 0 Å². The van der Waals surface area contributed by atoms with Crippen molar-refractivity contribution in [2.75, 3.05) is 4.90 Å². The molecule has 2 atom stereocenters. The molecule has 0 saturated carbocycles. The molecular weight excluding hydrogens is 681 g/mol.